The van der Waals surface area contributed by atoms with Gasteiger partial charge in [-0.25, -0.2) is 4.98 Å². The maximum absolute atomic E-state index is 11.9. The molecule has 3 rings (SSSR count). The number of carbonyl (C=O) groups excluding carboxylic acids is 2. The SMILES string of the molecule is Nc1nc2cc(Cl)ccc2n1C1CCC(=O)NC1=O. The van der Waals surface area contributed by atoms with Crippen molar-refractivity contribution < 1.29 is 9.59 Å². The van der Waals surface area contributed by atoms with E-state index >= 15 is 0 Å². The Kier molecular flexibility index (Phi) is 2.67. The Bertz CT molecular complexity index is 694. The lowest BCUT2D eigenvalue weighted by molar-refractivity contribution is -0.135. The van der Waals surface area contributed by atoms with E-state index in [1.54, 1.807) is 22.8 Å². The number of hydrogen-bond donors (Lipinski definition) is 2. The van der Waals surface area contributed by atoms with Gasteiger partial charge in [0.15, 0.2) is 0 Å². The van der Waals surface area contributed by atoms with E-state index in [1.807, 2.05) is 0 Å². The number of fused-ring (bicyclic) bond motifs is 1. The molecule has 1 unspecified atom stereocenters. The Balaban J connectivity index is 2.12. The number of carbonyl (C=O) groups is 2. The van der Waals surface area contributed by atoms with Crippen molar-refractivity contribution >= 4 is 40.4 Å². The smallest absolute Gasteiger partial charge is 0.249 e. The fourth-order valence-electron chi connectivity index (χ4n) is 2.35. The number of imide groups is 1. The van der Waals surface area contributed by atoms with Crippen LogP contribution in [-0.2, 0) is 9.59 Å². The molecule has 1 aromatic carbocycles. The number of anilines is 1. The Hall–Kier alpha value is -2.08. The fourth-order valence-corrected chi connectivity index (χ4v) is 2.51. The van der Waals surface area contributed by atoms with Crippen LogP contribution in [0.25, 0.3) is 11.0 Å². The van der Waals surface area contributed by atoms with E-state index in [1.165, 1.54) is 0 Å². The largest absolute Gasteiger partial charge is 0.369 e. The monoisotopic (exact) mass is 278 g/mol. The summed E-state index contributed by atoms with van der Waals surface area (Å²) >= 11 is 5.90. The number of nitrogen functional groups attached to an aromatic ring is 1. The van der Waals surface area contributed by atoms with Crippen molar-refractivity contribution in [1.82, 2.24) is 14.9 Å². The number of piperidine rings is 1. The highest BCUT2D eigenvalue weighted by Crippen LogP contribution is 2.29. The van der Waals surface area contributed by atoms with Gasteiger partial charge in [0.05, 0.1) is 11.0 Å². The minimum absolute atomic E-state index is 0.242. The Morgan fingerprint density at radius 1 is 1.42 bits per heavy atom. The number of nitrogens with zero attached hydrogens (tertiary/aromatic N) is 2. The first-order chi connectivity index (χ1) is 9.06. The predicted molar refractivity (Wildman–Crippen MR) is 70.6 cm³/mol. The third-order valence-electron chi connectivity index (χ3n) is 3.20. The first-order valence-electron chi connectivity index (χ1n) is 5.83. The topological polar surface area (TPSA) is 90.0 Å². The van der Waals surface area contributed by atoms with E-state index < -0.39 is 6.04 Å². The zero-order valence-corrected chi connectivity index (χ0v) is 10.6. The maximum Gasteiger partial charge on any atom is 0.249 e. The molecule has 19 heavy (non-hydrogen) atoms. The van der Waals surface area contributed by atoms with Crippen LogP contribution in [0.1, 0.15) is 18.9 Å². The summed E-state index contributed by atoms with van der Waals surface area (Å²) in [4.78, 5) is 27.3. The van der Waals surface area contributed by atoms with Crippen LogP contribution >= 0.6 is 11.6 Å². The van der Waals surface area contributed by atoms with Gasteiger partial charge in [-0.15, -0.1) is 0 Å². The molecule has 0 saturated carbocycles. The summed E-state index contributed by atoms with van der Waals surface area (Å²) in [6, 6.07) is 4.66. The second-order valence-electron chi connectivity index (χ2n) is 4.44. The van der Waals surface area contributed by atoms with Crippen molar-refractivity contribution in [1.29, 1.82) is 0 Å². The molecule has 1 aromatic heterocycles. The van der Waals surface area contributed by atoms with Gasteiger partial charge < -0.3 is 5.73 Å². The summed E-state index contributed by atoms with van der Waals surface area (Å²) in [6.45, 7) is 0. The van der Waals surface area contributed by atoms with Gasteiger partial charge in [-0.05, 0) is 24.6 Å². The molecule has 0 spiro atoms. The highest BCUT2D eigenvalue weighted by molar-refractivity contribution is 6.31. The minimum atomic E-state index is -0.510. The minimum Gasteiger partial charge on any atom is -0.369 e. The number of nitrogens with one attached hydrogen (secondary N) is 1. The van der Waals surface area contributed by atoms with Gasteiger partial charge in [-0.2, -0.15) is 0 Å². The summed E-state index contributed by atoms with van der Waals surface area (Å²) in [5.41, 5.74) is 7.24. The van der Waals surface area contributed by atoms with Gasteiger partial charge in [0.25, 0.3) is 0 Å². The van der Waals surface area contributed by atoms with E-state index in [0.29, 0.717) is 23.4 Å². The highest BCUT2D eigenvalue weighted by Gasteiger charge is 2.30. The number of benzene rings is 1. The molecule has 0 aliphatic carbocycles. The van der Waals surface area contributed by atoms with Gasteiger partial charge in [-0.1, -0.05) is 11.6 Å². The second kappa shape index (κ2) is 4.24. The van der Waals surface area contributed by atoms with Gasteiger partial charge in [0, 0.05) is 11.4 Å². The lowest BCUT2D eigenvalue weighted by atomic mass is 10.1. The number of aromatic nitrogens is 2. The molecule has 1 atom stereocenters. The summed E-state index contributed by atoms with van der Waals surface area (Å²) in [6.07, 6.45) is 0.714. The van der Waals surface area contributed by atoms with Crippen molar-refractivity contribution in [2.24, 2.45) is 0 Å². The normalized spacial score (nSPS) is 19.7. The molecule has 98 valence electrons. The fraction of sp³-hybridized carbons (Fsp3) is 0.250. The van der Waals surface area contributed by atoms with E-state index in [4.69, 9.17) is 17.3 Å². The van der Waals surface area contributed by atoms with Crippen molar-refractivity contribution in [2.45, 2.75) is 18.9 Å². The quantitative estimate of drug-likeness (QED) is 0.768. The van der Waals surface area contributed by atoms with E-state index in [-0.39, 0.29) is 17.8 Å². The average Bonchev–Trinajstić information content (AvgIpc) is 2.65. The van der Waals surface area contributed by atoms with Crippen LogP contribution in [-0.4, -0.2) is 21.4 Å². The van der Waals surface area contributed by atoms with Crippen LogP contribution in [0.15, 0.2) is 18.2 Å². The highest BCUT2D eigenvalue weighted by atomic mass is 35.5. The molecule has 2 heterocycles. The first kappa shape index (κ1) is 12.0. The number of hydrogen-bond acceptors (Lipinski definition) is 4. The summed E-state index contributed by atoms with van der Waals surface area (Å²) < 4.78 is 1.65. The van der Waals surface area contributed by atoms with Crippen LogP contribution in [0.3, 0.4) is 0 Å². The Morgan fingerprint density at radius 2 is 2.21 bits per heavy atom. The lowest BCUT2D eigenvalue weighted by Crippen LogP contribution is -2.41. The summed E-state index contributed by atoms with van der Waals surface area (Å²) in [5.74, 6) is -0.365. The average molecular weight is 279 g/mol. The first-order valence-corrected chi connectivity index (χ1v) is 6.21. The molecular weight excluding hydrogens is 268 g/mol. The zero-order chi connectivity index (χ0) is 13.6. The van der Waals surface area contributed by atoms with Crippen LogP contribution in [0.2, 0.25) is 5.02 Å². The van der Waals surface area contributed by atoms with Crippen LogP contribution in [0.4, 0.5) is 5.95 Å². The number of nitrogens with two attached hydrogens (primary N) is 1. The molecular formula is C12H11ClN4O2. The summed E-state index contributed by atoms with van der Waals surface area (Å²) in [5, 5.41) is 2.87. The maximum atomic E-state index is 11.9. The number of rotatable bonds is 1. The molecule has 2 amide bonds. The van der Waals surface area contributed by atoms with Gasteiger partial charge in [-0.3, -0.25) is 19.5 Å². The Labute approximate surface area is 113 Å². The number of amides is 2. The van der Waals surface area contributed by atoms with Gasteiger partial charge in [0.2, 0.25) is 17.8 Å². The number of imidazole rings is 1. The lowest BCUT2D eigenvalue weighted by Gasteiger charge is -2.23. The molecule has 7 heteroatoms. The molecule has 1 aliphatic heterocycles. The zero-order valence-electron chi connectivity index (χ0n) is 9.89. The van der Waals surface area contributed by atoms with Crippen LogP contribution in [0.5, 0.6) is 0 Å². The molecule has 3 N–H and O–H groups in total. The molecule has 1 aliphatic rings. The standard InChI is InChI=1S/C12H11ClN4O2/c13-6-1-2-8-7(5-6)15-12(14)17(8)9-3-4-10(18)16-11(9)19/h1-2,5,9H,3-4H2,(H2,14,15)(H,16,18,19). The third-order valence-corrected chi connectivity index (χ3v) is 3.44. The predicted octanol–water partition coefficient (Wildman–Crippen LogP) is 1.25. The molecule has 0 bridgehead atoms. The van der Waals surface area contributed by atoms with Crippen molar-refractivity contribution in [3.8, 4) is 0 Å². The van der Waals surface area contributed by atoms with Gasteiger partial charge in [0.1, 0.15) is 6.04 Å². The van der Waals surface area contributed by atoms with Crippen molar-refractivity contribution in [2.75, 3.05) is 5.73 Å². The molecule has 0 radical (unpaired) electrons. The van der Waals surface area contributed by atoms with E-state index in [2.05, 4.69) is 10.3 Å². The summed E-state index contributed by atoms with van der Waals surface area (Å²) in [7, 11) is 0. The van der Waals surface area contributed by atoms with Gasteiger partial charge >= 0.3 is 0 Å². The molecule has 1 saturated heterocycles. The van der Waals surface area contributed by atoms with Crippen LogP contribution in [0, 0.1) is 0 Å². The Morgan fingerprint density at radius 3 is 2.95 bits per heavy atom. The third kappa shape index (κ3) is 1.94. The van der Waals surface area contributed by atoms with E-state index in [0.717, 1.165) is 5.52 Å². The molecule has 1 fully saturated rings. The molecule has 6 nitrogen and oxygen atoms in total. The number of halogens is 1. The van der Waals surface area contributed by atoms with Crippen molar-refractivity contribution in [3.05, 3.63) is 23.2 Å². The van der Waals surface area contributed by atoms with E-state index in [9.17, 15) is 9.59 Å². The van der Waals surface area contributed by atoms with Crippen LogP contribution < -0.4 is 11.1 Å². The second-order valence-corrected chi connectivity index (χ2v) is 4.88. The van der Waals surface area contributed by atoms with Crippen molar-refractivity contribution in [3.63, 3.8) is 0 Å². The molecule has 2 aromatic rings.